The van der Waals surface area contributed by atoms with Crippen LogP contribution in [0.3, 0.4) is 0 Å². The summed E-state index contributed by atoms with van der Waals surface area (Å²) in [5, 5.41) is 11.6. The van der Waals surface area contributed by atoms with E-state index in [2.05, 4.69) is 0 Å². The number of hydrogen-bond donors (Lipinski definition) is 0. The van der Waals surface area contributed by atoms with Crippen LogP contribution in [-0.2, 0) is 4.79 Å². The summed E-state index contributed by atoms with van der Waals surface area (Å²) >= 11 is 0. The Morgan fingerprint density at radius 3 is 2.44 bits per heavy atom. The first-order valence-electron chi connectivity index (χ1n) is 8.40. The third-order valence-electron chi connectivity index (χ3n) is 4.56. The van der Waals surface area contributed by atoms with Crippen LogP contribution in [0.1, 0.15) is 13.3 Å². The van der Waals surface area contributed by atoms with Gasteiger partial charge in [0.1, 0.15) is 5.69 Å². The van der Waals surface area contributed by atoms with Gasteiger partial charge in [0, 0.05) is 39.2 Å². The number of carbonyl (C=O) groups excluding carboxylic acids is 1. The number of anilines is 1. The molecule has 6 heteroatoms. The number of amides is 1. The fraction of sp³-hybridized carbons (Fsp3) is 0.316. The summed E-state index contributed by atoms with van der Waals surface area (Å²) in [7, 11) is 0. The molecule has 0 aromatic heterocycles. The van der Waals surface area contributed by atoms with E-state index in [0.29, 0.717) is 31.9 Å². The summed E-state index contributed by atoms with van der Waals surface area (Å²) in [6, 6.07) is 15.0. The Labute approximate surface area is 146 Å². The van der Waals surface area contributed by atoms with Gasteiger partial charge in [0.2, 0.25) is 5.91 Å². The minimum absolute atomic E-state index is 0.0516. The predicted octanol–water partition coefficient (Wildman–Crippen LogP) is 3.32. The highest BCUT2D eigenvalue weighted by Gasteiger charge is 2.23. The van der Waals surface area contributed by atoms with Crippen LogP contribution >= 0.6 is 0 Å². The van der Waals surface area contributed by atoms with Crippen molar-refractivity contribution in [3.8, 4) is 11.1 Å². The van der Waals surface area contributed by atoms with Crippen LogP contribution in [0.25, 0.3) is 11.1 Å². The minimum atomic E-state index is -0.324. The zero-order valence-corrected chi connectivity index (χ0v) is 14.2. The maximum Gasteiger partial charge on any atom is 0.293 e. The van der Waals surface area contributed by atoms with Gasteiger partial charge in [-0.1, -0.05) is 36.4 Å². The number of rotatable bonds is 3. The molecule has 2 aromatic rings. The summed E-state index contributed by atoms with van der Waals surface area (Å²) in [5.41, 5.74) is 2.51. The van der Waals surface area contributed by atoms with Gasteiger partial charge in [-0.25, -0.2) is 0 Å². The molecule has 0 radical (unpaired) electrons. The molecule has 0 N–H and O–H groups in total. The first-order valence-corrected chi connectivity index (χ1v) is 8.40. The molecule has 0 aliphatic carbocycles. The highest BCUT2D eigenvalue weighted by Crippen LogP contribution is 2.33. The highest BCUT2D eigenvalue weighted by atomic mass is 16.6. The Balaban J connectivity index is 1.91. The topological polar surface area (TPSA) is 66.7 Å². The zero-order chi connectivity index (χ0) is 17.8. The zero-order valence-electron chi connectivity index (χ0n) is 14.2. The Kier molecular flexibility index (Phi) is 4.97. The molecule has 0 unspecified atom stereocenters. The number of hydrogen-bond acceptors (Lipinski definition) is 4. The Morgan fingerprint density at radius 1 is 1.00 bits per heavy atom. The van der Waals surface area contributed by atoms with Crippen LogP contribution in [-0.4, -0.2) is 41.9 Å². The summed E-state index contributed by atoms with van der Waals surface area (Å²) in [5.74, 6) is 0.0516. The molecule has 1 aliphatic heterocycles. The average Bonchev–Trinajstić information content (AvgIpc) is 2.88. The van der Waals surface area contributed by atoms with Crippen LogP contribution in [0.2, 0.25) is 0 Å². The van der Waals surface area contributed by atoms with E-state index >= 15 is 0 Å². The van der Waals surface area contributed by atoms with E-state index in [-0.39, 0.29) is 16.5 Å². The summed E-state index contributed by atoms with van der Waals surface area (Å²) < 4.78 is 0. The lowest BCUT2D eigenvalue weighted by atomic mass is 10.0. The molecule has 0 atom stereocenters. The van der Waals surface area contributed by atoms with Crippen LogP contribution in [0.4, 0.5) is 11.4 Å². The second kappa shape index (κ2) is 7.34. The summed E-state index contributed by atoms with van der Waals surface area (Å²) in [6.45, 7) is 4.15. The van der Waals surface area contributed by atoms with Crippen LogP contribution < -0.4 is 4.90 Å². The van der Waals surface area contributed by atoms with Gasteiger partial charge in [-0.2, -0.15) is 0 Å². The summed E-state index contributed by atoms with van der Waals surface area (Å²) in [6.07, 6.45) is 0.803. The predicted molar refractivity (Wildman–Crippen MR) is 97.6 cm³/mol. The number of benzene rings is 2. The maximum atomic E-state index is 11.6. The van der Waals surface area contributed by atoms with Gasteiger partial charge in [0.25, 0.3) is 5.69 Å². The molecule has 2 aromatic carbocycles. The normalized spacial score (nSPS) is 14.9. The van der Waals surface area contributed by atoms with E-state index in [1.165, 1.54) is 0 Å². The van der Waals surface area contributed by atoms with Crippen LogP contribution in [0.5, 0.6) is 0 Å². The Morgan fingerprint density at radius 2 is 1.76 bits per heavy atom. The molecular formula is C19H21N3O3. The maximum absolute atomic E-state index is 11.6. The van der Waals surface area contributed by atoms with Gasteiger partial charge in [0.05, 0.1) is 4.92 Å². The standard InChI is InChI=1S/C19H21N3O3/c1-15(23)20-10-5-11-21(13-12-20)18-9-8-17(14-19(18)22(24)25)16-6-3-2-4-7-16/h2-4,6-9,14H,5,10-13H2,1H3. The van der Waals surface area contributed by atoms with Crippen molar-refractivity contribution >= 4 is 17.3 Å². The number of nitrogens with zero attached hydrogens (tertiary/aromatic N) is 3. The van der Waals surface area contributed by atoms with Crippen molar-refractivity contribution in [2.75, 3.05) is 31.1 Å². The molecule has 130 valence electrons. The molecule has 1 amide bonds. The number of nitro groups is 1. The molecule has 0 bridgehead atoms. The van der Waals surface area contributed by atoms with E-state index in [4.69, 9.17) is 0 Å². The summed E-state index contributed by atoms with van der Waals surface area (Å²) in [4.78, 5) is 26.7. The fourth-order valence-electron chi connectivity index (χ4n) is 3.22. The SMILES string of the molecule is CC(=O)N1CCCN(c2ccc(-c3ccccc3)cc2[N+](=O)[O-])CC1. The van der Waals surface area contributed by atoms with Gasteiger partial charge in [-0.15, -0.1) is 0 Å². The fourth-order valence-corrected chi connectivity index (χ4v) is 3.22. The lowest BCUT2D eigenvalue weighted by molar-refractivity contribution is -0.384. The first kappa shape index (κ1) is 17.0. The Hall–Kier alpha value is -2.89. The van der Waals surface area contributed by atoms with E-state index < -0.39 is 0 Å². The lowest BCUT2D eigenvalue weighted by Gasteiger charge is -2.23. The molecule has 6 nitrogen and oxygen atoms in total. The van der Waals surface area contributed by atoms with Crippen molar-refractivity contribution in [3.63, 3.8) is 0 Å². The van der Waals surface area contributed by atoms with Gasteiger partial charge >= 0.3 is 0 Å². The monoisotopic (exact) mass is 339 g/mol. The molecule has 0 saturated carbocycles. The van der Waals surface area contributed by atoms with Crippen molar-refractivity contribution in [2.45, 2.75) is 13.3 Å². The third kappa shape index (κ3) is 3.79. The van der Waals surface area contributed by atoms with Gasteiger partial charge < -0.3 is 9.80 Å². The van der Waals surface area contributed by atoms with Crippen molar-refractivity contribution in [3.05, 3.63) is 58.6 Å². The Bertz CT molecular complexity index is 777. The quantitative estimate of drug-likeness (QED) is 0.635. The van der Waals surface area contributed by atoms with Crippen LogP contribution in [0.15, 0.2) is 48.5 Å². The van der Waals surface area contributed by atoms with Crippen molar-refractivity contribution in [1.29, 1.82) is 0 Å². The molecule has 3 rings (SSSR count). The largest absolute Gasteiger partial charge is 0.364 e. The van der Waals surface area contributed by atoms with Gasteiger partial charge in [-0.3, -0.25) is 14.9 Å². The smallest absolute Gasteiger partial charge is 0.293 e. The minimum Gasteiger partial charge on any atom is -0.364 e. The highest BCUT2D eigenvalue weighted by molar-refractivity contribution is 5.75. The van der Waals surface area contributed by atoms with Crippen LogP contribution in [0, 0.1) is 10.1 Å². The molecule has 25 heavy (non-hydrogen) atoms. The lowest BCUT2D eigenvalue weighted by Crippen LogP contribution is -2.33. The van der Waals surface area contributed by atoms with E-state index in [9.17, 15) is 14.9 Å². The van der Waals surface area contributed by atoms with Crippen molar-refractivity contribution in [1.82, 2.24) is 4.90 Å². The van der Waals surface area contributed by atoms with E-state index in [0.717, 1.165) is 17.5 Å². The second-order valence-corrected chi connectivity index (χ2v) is 6.17. The van der Waals surface area contributed by atoms with E-state index in [1.54, 1.807) is 17.9 Å². The number of nitro benzene ring substituents is 1. The second-order valence-electron chi connectivity index (χ2n) is 6.17. The molecule has 0 spiro atoms. The molecule has 1 fully saturated rings. The van der Waals surface area contributed by atoms with E-state index in [1.807, 2.05) is 47.4 Å². The molecule has 1 saturated heterocycles. The molecule has 1 heterocycles. The van der Waals surface area contributed by atoms with Gasteiger partial charge in [-0.05, 0) is 23.6 Å². The average molecular weight is 339 g/mol. The first-order chi connectivity index (χ1) is 12.1. The number of carbonyl (C=O) groups is 1. The molecule has 1 aliphatic rings. The van der Waals surface area contributed by atoms with Crippen molar-refractivity contribution < 1.29 is 9.72 Å². The van der Waals surface area contributed by atoms with Crippen molar-refractivity contribution in [2.24, 2.45) is 0 Å². The third-order valence-corrected chi connectivity index (χ3v) is 4.56. The van der Waals surface area contributed by atoms with Gasteiger partial charge in [0.15, 0.2) is 0 Å². The molecular weight excluding hydrogens is 318 g/mol.